The number of halogens is 1. The van der Waals surface area contributed by atoms with E-state index in [4.69, 9.17) is 0 Å². The van der Waals surface area contributed by atoms with Crippen molar-refractivity contribution in [2.75, 3.05) is 0 Å². The van der Waals surface area contributed by atoms with Crippen molar-refractivity contribution in [1.82, 2.24) is 4.37 Å². The molecule has 2 nitrogen and oxygen atoms in total. The first-order chi connectivity index (χ1) is 6.22. The molecule has 0 fully saturated rings. The van der Waals surface area contributed by atoms with Crippen LogP contribution in [0.25, 0.3) is 10.1 Å². The van der Waals surface area contributed by atoms with Crippen molar-refractivity contribution in [3.8, 4) is 0 Å². The molecule has 0 spiro atoms. The van der Waals surface area contributed by atoms with Crippen molar-refractivity contribution in [3.63, 3.8) is 0 Å². The van der Waals surface area contributed by atoms with E-state index in [1.807, 2.05) is 19.1 Å². The molecule has 0 N–H and O–H groups in total. The summed E-state index contributed by atoms with van der Waals surface area (Å²) in [5, 5.41) is 1.06. The van der Waals surface area contributed by atoms with Gasteiger partial charge in [0.15, 0.2) is 0 Å². The van der Waals surface area contributed by atoms with Gasteiger partial charge in [-0.15, -0.1) is 0 Å². The molecule has 4 heteroatoms. The lowest BCUT2D eigenvalue weighted by molar-refractivity contribution is 0.112. The molecule has 0 aliphatic carbocycles. The van der Waals surface area contributed by atoms with Crippen LogP contribution < -0.4 is 0 Å². The number of rotatable bonds is 1. The van der Waals surface area contributed by atoms with Crippen molar-refractivity contribution in [2.45, 2.75) is 6.92 Å². The van der Waals surface area contributed by atoms with Gasteiger partial charge < -0.3 is 0 Å². The summed E-state index contributed by atoms with van der Waals surface area (Å²) in [6.07, 6.45) is 0.849. The Morgan fingerprint density at radius 2 is 2.31 bits per heavy atom. The van der Waals surface area contributed by atoms with Gasteiger partial charge in [0.1, 0.15) is 6.29 Å². The lowest BCUT2D eigenvalue weighted by atomic mass is 10.1. The molecule has 0 atom stereocenters. The first-order valence-electron chi connectivity index (χ1n) is 3.73. The van der Waals surface area contributed by atoms with Crippen LogP contribution in [-0.2, 0) is 0 Å². The minimum Gasteiger partial charge on any atom is -0.298 e. The molecule has 0 amide bonds. The Hall–Kier alpha value is -0.740. The fraction of sp³-hybridized carbons (Fsp3) is 0.111. The zero-order valence-corrected chi connectivity index (χ0v) is 9.28. The maximum atomic E-state index is 10.6. The van der Waals surface area contributed by atoms with Gasteiger partial charge in [-0.1, -0.05) is 0 Å². The number of aldehydes is 1. The molecule has 0 saturated carbocycles. The Morgan fingerprint density at radius 1 is 1.54 bits per heavy atom. The van der Waals surface area contributed by atoms with Crippen LogP contribution in [0.1, 0.15) is 16.1 Å². The average Bonchev–Trinajstić information content (AvgIpc) is 2.48. The van der Waals surface area contributed by atoms with E-state index in [1.165, 1.54) is 11.5 Å². The number of carbonyl (C=O) groups excluding carboxylic acids is 1. The molecule has 0 radical (unpaired) electrons. The molecular formula is C9H6BrNOS. The number of aryl methyl sites for hydroxylation is 1. The normalized spacial score (nSPS) is 10.6. The SMILES string of the molecule is Cc1nsc2c(Br)cc(C=O)cc12. The van der Waals surface area contributed by atoms with E-state index in [0.717, 1.165) is 26.5 Å². The molecule has 1 aromatic heterocycles. The Kier molecular flexibility index (Phi) is 2.17. The van der Waals surface area contributed by atoms with Gasteiger partial charge in [0.25, 0.3) is 0 Å². The second-order valence-corrected chi connectivity index (χ2v) is 4.39. The quantitative estimate of drug-likeness (QED) is 0.733. The largest absolute Gasteiger partial charge is 0.298 e. The Balaban J connectivity index is 2.87. The summed E-state index contributed by atoms with van der Waals surface area (Å²) < 4.78 is 6.27. The standard InChI is InChI=1S/C9H6BrNOS/c1-5-7-2-6(4-12)3-8(10)9(7)13-11-5/h2-4H,1H3. The second-order valence-electron chi connectivity index (χ2n) is 2.77. The second kappa shape index (κ2) is 3.20. The molecule has 1 heterocycles. The van der Waals surface area contributed by atoms with Crippen LogP contribution in [0.15, 0.2) is 16.6 Å². The maximum absolute atomic E-state index is 10.6. The van der Waals surface area contributed by atoms with Crippen molar-refractivity contribution in [3.05, 3.63) is 27.9 Å². The molecule has 2 aromatic rings. The summed E-state index contributed by atoms with van der Waals surface area (Å²) in [6.45, 7) is 1.94. The smallest absolute Gasteiger partial charge is 0.150 e. The number of nitrogens with zero attached hydrogens (tertiary/aromatic N) is 1. The Morgan fingerprint density at radius 3 is 3.00 bits per heavy atom. The van der Waals surface area contributed by atoms with Crippen molar-refractivity contribution < 1.29 is 4.79 Å². The lowest BCUT2D eigenvalue weighted by Crippen LogP contribution is -1.80. The van der Waals surface area contributed by atoms with E-state index in [1.54, 1.807) is 0 Å². The summed E-state index contributed by atoms with van der Waals surface area (Å²) in [5.74, 6) is 0. The highest BCUT2D eigenvalue weighted by Gasteiger charge is 2.06. The van der Waals surface area contributed by atoms with Crippen molar-refractivity contribution in [1.29, 1.82) is 0 Å². The predicted molar refractivity (Wildman–Crippen MR) is 57.4 cm³/mol. The van der Waals surface area contributed by atoms with Crippen molar-refractivity contribution >= 4 is 43.8 Å². The van der Waals surface area contributed by atoms with Crippen LogP contribution in [0.4, 0.5) is 0 Å². The zero-order valence-electron chi connectivity index (χ0n) is 6.87. The van der Waals surface area contributed by atoms with Gasteiger partial charge in [-0.3, -0.25) is 4.79 Å². The topological polar surface area (TPSA) is 30.0 Å². The molecule has 2 rings (SSSR count). The summed E-state index contributed by atoms with van der Waals surface area (Å²) in [5.41, 5.74) is 1.66. The highest BCUT2D eigenvalue weighted by molar-refractivity contribution is 9.10. The number of carbonyl (C=O) groups is 1. The van der Waals surface area contributed by atoms with Gasteiger partial charge in [-0.05, 0) is 46.5 Å². The highest BCUT2D eigenvalue weighted by Crippen LogP contribution is 2.30. The van der Waals surface area contributed by atoms with Gasteiger partial charge in [-0.2, -0.15) is 4.37 Å². The first kappa shape index (κ1) is 8.84. The van der Waals surface area contributed by atoms with Crippen LogP contribution in [-0.4, -0.2) is 10.7 Å². The molecular weight excluding hydrogens is 250 g/mol. The van der Waals surface area contributed by atoms with E-state index in [2.05, 4.69) is 20.3 Å². The van der Waals surface area contributed by atoms with Gasteiger partial charge >= 0.3 is 0 Å². The monoisotopic (exact) mass is 255 g/mol. The van der Waals surface area contributed by atoms with Gasteiger partial charge in [0, 0.05) is 15.4 Å². The highest BCUT2D eigenvalue weighted by atomic mass is 79.9. The molecule has 13 heavy (non-hydrogen) atoms. The van der Waals surface area contributed by atoms with Gasteiger partial charge in [-0.25, -0.2) is 0 Å². The van der Waals surface area contributed by atoms with Crippen LogP contribution in [0.3, 0.4) is 0 Å². The van der Waals surface area contributed by atoms with Gasteiger partial charge in [0.2, 0.25) is 0 Å². The summed E-state index contributed by atoms with van der Waals surface area (Å²) in [4.78, 5) is 10.6. The molecule has 1 aromatic carbocycles. The molecule has 0 aliphatic heterocycles. The van der Waals surface area contributed by atoms with Crippen LogP contribution >= 0.6 is 27.5 Å². The third kappa shape index (κ3) is 1.40. The first-order valence-corrected chi connectivity index (χ1v) is 5.29. The minimum absolute atomic E-state index is 0.683. The summed E-state index contributed by atoms with van der Waals surface area (Å²) in [7, 11) is 0. The third-order valence-corrected chi connectivity index (χ3v) is 3.74. The number of hydrogen-bond donors (Lipinski definition) is 0. The number of aromatic nitrogens is 1. The maximum Gasteiger partial charge on any atom is 0.150 e. The fourth-order valence-corrected chi connectivity index (χ4v) is 2.68. The number of hydrogen-bond acceptors (Lipinski definition) is 3. The average molecular weight is 256 g/mol. The van der Waals surface area contributed by atoms with Crippen LogP contribution in [0.5, 0.6) is 0 Å². The Labute approximate surface area is 87.9 Å². The summed E-state index contributed by atoms with van der Waals surface area (Å²) in [6, 6.07) is 3.68. The predicted octanol–water partition coefficient (Wildman–Crippen LogP) is 3.18. The van der Waals surface area contributed by atoms with E-state index >= 15 is 0 Å². The third-order valence-electron chi connectivity index (χ3n) is 1.87. The minimum atomic E-state index is 0.683. The molecule has 66 valence electrons. The van der Waals surface area contributed by atoms with E-state index in [-0.39, 0.29) is 0 Å². The molecule has 0 saturated heterocycles. The molecule has 0 bridgehead atoms. The number of benzene rings is 1. The molecule has 0 unspecified atom stereocenters. The molecule has 0 aliphatic rings. The van der Waals surface area contributed by atoms with E-state index < -0.39 is 0 Å². The number of fused-ring (bicyclic) bond motifs is 1. The van der Waals surface area contributed by atoms with Gasteiger partial charge in [0.05, 0.1) is 10.4 Å². The van der Waals surface area contributed by atoms with Crippen LogP contribution in [0.2, 0.25) is 0 Å². The van der Waals surface area contributed by atoms with E-state index in [0.29, 0.717) is 5.56 Å². The Bertz CT molecular complexity index is 478. The zero-order chi connectivity index (χ0) is 9.42. The fourth-order valence-electron chi connectivity index (χ4n) is 1.21. The lowest BCUT2D eigenvalue weighted by Gasteiger charge is -1.95. The van der Waals surface area contributed by atoms with Crippen LogP contribution in [0, 0.1) is 6.92 Å². The summed E-state index contributed by atoms with van der Waals surface area (Å²) >= 11 is 4.86. The van der Waals surface area contributed by atoms with Crippen molar-refractivity contribution in [2.24, 2.45) is 0 Å². The van der Waals surface area contributed by atoms with E-state index in [9.17, 15) is 4.79 Å².